The van der Waals surface area contributed by atoms with Crippen molar-refractivity contribution in [3.63, 3.8) is 0 Å². The molecule has 4 heteroatoms. The van der Waals surface area contributed by atoms with E-state index in [-0.39, 0.29) is 0 Å². The maximum absolute atomic E-state index is 5.63. The van der Waals surface area contributed by atoms with Crippen LogP contribution in [0.25, 0.3) is 0 Å². The molecule has 1 aliphatic heterocycles. The van der Waals surface area contributed by atoms with Crippen molar-refractivity contribution in [2.45, 2.75) is 13.0 Å². The van der Waals surface area contributed by atoms with Gasteiger partial charge in [-0.2, -0.15) is 5.10 Å². The van der Waals surface area contributed by atoms with Gasteiger partial charge in [0.25, 0.3) is 0 Å². The lowest BCUT2D eigenvalue weighted by Crippen LogP contribution is -2.13. The monoisotopic (exact) mass is 205 g/mol. The fourth-order valence-electron chi connectivity index (χ4n) is 1.67. The van der Waals surface area contributed by atoms with Gasteiger partial charge in [0.2, 0.25) is 0 Å². The number of nitrogens with zero attached hydrogens (tertiary/aromatic N) is 2. The lowest BCUT2D eigenvalue weighted by Gasteiger charge is -2.15. The van der Waals surface area contributed by atoms with E-state index in [2.05, 4.69) is 5.10 Å². The zero-order valence-corrected chi connectivity index (χ0v) is 8.81. The molecule has 0 atom stereocenters. The zero-order valence-electron chi connectivity index (χ0n) is 8.81. The van der Waals surface area contributed by atoms with E-state index in [0.717, 1.165) is 30.8 Å². The maximum Gasteiger partial charge on any atom is 0.123 e. The number of rotatable bonds is 3. The van der Waals surface area contributed by atoms with Gasteiger partial charge in [0.15, 0.2) is 0 Å². The van der Waals surface area contributed by atoms with Crippen LogP contribution in [0.4, 0.5) is 0 Å². The Hall–Kier alpha value is -1.71. The van der Waals surface area contributed by atoms with Crippen LogP contribution in [0, 0.1) is 0 Å². The fourth-order valence-corrected chi connectivity index (χ4v) is 1.67. The third-order valence-electron chi connectivity index (χ3n) is 2.44. The molecule has 0 saturated heterocycles. The summed E-state index contributed by atoms with van der Waals surface area (Å²) >= 11 is 0. The molecule has 15 heavy (non-hydrogen) atoms. The van der Waals surface area contributed by atoms with Gasteiger partial charge in [0, 0.05) is 18.5 Å². The highest BCUT2D eigenvalue weighted by atomic mass is 16.5. The van der Waals surface area contributed by atoms with Crippen molar-refractivity contribution in [1.29, 1.82) is 0 Å². The van der Waals surface area contributed by atoms with E-state index >= 15 is 0 Å². The van der Waals surface area contributed by atoms with Crippen LogP contribution >= 0.6 is 0 Å². The standard InChI is InChI=1S/C11H15N3O/c1-15-10-5-3-2-4-9(10)8-14-7-6-11(12)13-14/h2-5H,6-8H2,1H3,(H2,12,13). The molecule has 1 heterocycles. The number of methoxy groups -OCH3 is 1. The summed E-state index contributed by atoms with van der Waals surface area (Å²) in [5.41, 5.74) is 6.76. The molecule has 2 rings (SSSR count). The summed E-state index contributed by atoms with van der Waals surface area (Å²) in [5, 5.41) is 6.20. The highest BCUT2D eigenvalue weighted by Crippen LogP contribution is 2.20. The van der Waals surface area contributed by atoms with E-state index in [1.807, 2.05) is 29.3 Å². The largest absolute Gasteiger partial charge is 0.496 e. The van der Waals surface area contributed by atoms with Gasteiger partial charge < -0.3 is 10.5 Å². The van der Waals surface area contributed by atoms with Gasteiger partial charge in [-0.25, -0.2) is 0 Å². The summed E-state index contributed by atoms with van der Waals surface area (Å²) in [6.45, 7) is 1.65. The Balaban J connectivity index is 2.10. The number of hydrazone groups is 1. The van der Waals surface area contributed by atoms with Crippen LogP contribution in [0.3, 0.4) is 0 Å². The van der Waals surface area contributed by atoms with E-state index in [0.29, 0.717) is 5.84 Å². The molecule has 0 fully saturated rings. The maximum atomic E-state index is 5.63. The number of nitrogens with two attached hydrogens (primary N) is 1. The van der Waals surface area contributed by atoms with E-state index < -0.39 is 0 Å². The summed E-state index contributed by atoms with van der Waals surface area (Å²) in [5.74, 6) is 1.61. The Morgan fingerprint density at radius 3 is 2.93 bits per heavy atom. The Morgan fingerprint density at radius 1 is 1.47 bits per heavy atom. The van der Waals surface area contributed by atoms with Gasteiger partial charge in [-0.05, 0) is 6.07 Å². The van der Waals surface area contributed by atoms with Gasteiger partial charge in [0.1, 0.15) is 11.6 Å². The zero-order chi connectivity index (χ0) is 10.7. The van der Waals surface area contributed by atoms with Crippen molar-refractivity contribution in [3.05, 3.63) is 29.8 Å². The number of hydrogen-bond donors (Lipinski definition) is 1. The Labute approximate surface area is 89.3 Å². The highest BCUT2D eigenvalue weighted by molar-refractivity contribution is 5.81. The first-order valence-electron chi connectivity index (χ1n) is 4.99. The average Bonchev–Trinajstić information content (AvgIpc) is 2.65. The minimum atomic E-state index is 0.713. The molecule has 80 valence electrons. The fraction of sp³-hybridized carbons (Fsp3) is 0.364. The van der Waals surface area contributed by atoms with E-state index in [9.17, 15) is 0 Å². The van der Waals surface area contributed by atoms with Crippen molar-refractivity contribution in [1.82, 2.24) is 5.01 Å². The van der Waals surface area contributed by atoms with Crippen molar-refractivity contribution in [2.75, 3.05) is 13.7 Å². The van der Waals surface area contributed by atoms with Crippen molar-refractivity contribution in [3.8, 4) is 5.75 Å². The molecule has 1 aliphatic rings. The van der Waals surface area contributed by atoms with Crippen LogP contribution in [0.15, 0.2) is 29.4 Å². The van der Waals surface area contributed by atoms with Crippen molar-refractivity contribution in [2.24, 2.45) is 10.8 Å². The van der Waals surface area contributed by atoms with Gasteiger partial charge >= 0.3 is 0 Å². The van der Waals surface area contributed by atoms with Crippen LogP contribution in [0.2, 0.25) is 0 Å². The SMILES string of the molecule is COc1ccccc1CN1CCC(N)=N1. The molecule has 0 saturated carbocycles. The summed E-state index contributed by atoms with van der Waals surface area (Å²) in [4.78, 5) is 0. The number of hydrogen-bond acceptors (Lipinski definition) is 4. The van der Waals surface area contributed by atoms with Crippen LogP contribution in [-0.4, -0.2) is 24.5 Å². The topological polar surface area (TPSA) is 50.9 Å². The first-order valence-corrected chi connectivity index (χ1v) is 4.99. The molecular weight excluding hydrogens is 190 g/mol. The number of para-hydroxylation sites is 1. The summed E-state index contributed by atoms with van der Waals surface area (Å²) in [7, 11) is 1.68. The molecule has 4 nitrogen and oxygen atoms in total. The van der Waals surface area contributed by atoms with Gasteiger partial charge in [0.05, 0.1) is 13.7 Å². The molecule has 0 bridgehead atoms. The van der Waals surface area contributed by atoms with Gasteiger partial charge in [-0.1, -0.05) is 18.2 Å². The second-order valence-electron chi connectivity index (χ2n) is 3.54. The van der Waals surface area contributed by atoms with Crippen LogP contribution in [0.5, 0.6) is 5.75 Å². The predicted octanol–water partition coefficient (Wildman–Crippen LogP) is 1.17. The van der Waals surface area contributed by atoms with Crippen molar-refractivity contribution < 1.29 is 4.74 Å². The second-order valence-corrected chi connectivity index (χ2v) is 3.54. The molecule has 2 N–H and O–H groups in total. The molecular formula is C11H15N3O. The quantitative estimate of drug-likeness (QED) is 0.806. The van der Waals surface area contributed by atoms with Crippen LogP contribution in [-0.2, 0) is 6.54 Å². The first kappa shape index (κ1) is 9.83. The third-order valence-corrected chi connectivity index (χ3v) is 2.44. The number of amidine groups is 1. The van der Waals surface area contributed by atoms with Gasteiger partial charge in [-0.3, -0.25) is 5.01 Å². The summed E-state index contributed by atoms with van der Waals surface area (Å²) in [6.07, 6.45) is 0.856. The predicted molar refractivity (Wildman–Crippen MR) is 59.6 cm³/mol. The Bertz CT molecular complexity index is 376. The number of benzene rings is 1. The summed E-state index contributed by atoms with van der Waals surface area (Å²) < 4.78 is 5.28. The minimum Gasteiger partial charge on any atom is -0.496 e. The lowest BCUT2D eigenvalue weighted by atomic mass is 10.2. The molecule has 0 amide bonds. The first-order chi connectivity index (χ1) is 7.29. The smallest absolute Gasteiger partial charge is 0.123 e. The minimum absolute atomic E-state index is 0.713. The van der Waals surface area contributed by atoms with E-state index in [4.69, 9.17) is 10.5 Å². The molecule has 0 aliphatic carbocycles. The molecule has 0 aromatic heterocycles. The highest BCUT2D eigenvalue weighted by Gasteiger charge is 2.13. The number of ether oxygens (including phenoxy) is 1. The summed E-state index contributed by atoms with van der Waals surface area (Å²) in [6, 6.07) is 7.96. The molecule has 0 unspecified atom stereocenters. The molecule has 0 radical (unpaired) electrons. The Morgan fingerprint density at radius 2 is 2.27 bits per heavy atom. The van der Waals surface area contributed by atoms with Crippen LogP contribution < -0.4 is 10.5 Å². The van der Waals surface area contributed by atoms with Crippen LogP contribution in [0.1, 0.15) is 12.0 Å². The molecule has 1 aromatic rings. The third kappa shape index (κ3) is 2.21. The Kier molecular flexibility index (Phi) is 2.76. The molecule has 0 spiro atoms. The molecule has 1 aromatic carbocycles. The van der Waals surface area contributed by atoms with E-state index in [1.165, 1.54) is 0 Å². The average molecular weight is 205 g/mol. The van der Waals surface area contributed by atoms with E-state index in [1.54, 1.807) is 7.11 Å². The van der Waals surface area contributed by atoms with Gasteiger partial charge in [-0.15, -0.1) is 0 Å². The lowest BCUT2D eigenvalue weighted by molar-refractivity contribution is 0.302. The normalized spacial score (nSPS) is 15.3. The second kappa shape index (κ2) is 4.21. The van der Waals surface area contributed by atoms with Crippen molar-refractivity contribution >= 4 is 5.84 Å².